The highest BCUT2D eigenvalue weighted by Crippen LogP contribution is 2.30. The van der Waals surface area contributed by atoms with Crippen molar-refractivity contribution in [3.8, 4) is 11.5 Å². The average molecular weight is 667 g/mol. The van der Waals surface area contributed by atoms with Gasteiger partial charge in [-0.2, -0.15) is 0 Å². The number of carbonyl (C=O) groups excluding carboxylic acids is 2. The molecule has 12 nitrogen and oxygen atoms in total. The first kappa shape index (κ1) is 35.2. The Kier molecular flexibility index (Phi) is 11.8. The minimum Gasteiger partial charge on any atom is -0.497 e. The van der Waals surface area contributed by atoms with Crippen LogP contribution in [0.5, 0.6) is 11.5 Å². The molecule has 252 valence electrons. The quantitative estimate of drug-likeness (QED) is 0.178. The third-order valence-electron chi connectivity index (χ3n) is 8.43. The number of aryl methyl sites for hydroxylation is 1. The first-order valence-corrected chi connectivity index (χ1v) is 17.1. The van der Waals surface area contributed by atoms with Gasteiger partial charge in [0.05, 0.1) is 29.7 Å². The number of hydrogen-bond donors (Lipinski definition) is 1. The zero-order valence-corrected chi connectivity index (χ0v) is 28.0. The third kappa shape index (κ3) is 8.59. The van der Waals surface area contributed by atoms with E-state index in [0.717, 1.165) is 42.5 Å². The molecule has 13 heteroatoms. The molecule has 1 aliphatic rings. The highest BCUT2D eigenvalue weighted by Gasteiger charge is 2.35. The Morgan fingerprint density at radius 1 is 0.979 bits per heavy atom. The molecule has 4 rings (SSSR count). The molecule has 1 atom stereocenters. The number of anilines is 1. The standard InChI is InChI=1S/C34H42N4O8S/c1-5-31(34(40)35-26-11-7-6-8-12-26)36(22-25-10-9-13-29(20-25)46-4)33(39)23-37(27-15-17-28(45-3)18-16-27)47(43,44)30-19-14-24(2)32(21-30)38(41)42/h9-10,13-21,26,31H,5-8,11-12,22-23H2,1-4H3,(H,35,40)/t31-/m0/s1. The van der Waals surface area contributed by atoms with Crippen LogP contribution in [0, 0.1) is 17.0 Å². The van der Waals surface area contributed by atoms with Crippen LogP contribution in [0.4, 0.5) is 11.4 Å². The molecule has 3 aromatic carbocycles. The van der Waals surface area contributed by atoms with E-state index in [-0.39, 0.29) is 41.2 Å². The molecule has 0 heterocycles. The van der Waals surface area contributed by atoms with Gasteiger partial charge >= 0.3 is 0 Å². The number of amides is 2. The van der Waals surface area contributed by atoms with Crippen molar-refractivity contribution in [3.63, 3.8) is 0 Å². The van der Waals surface area contributed by atoms with Crippen molar-refractivity contribution < 1.29 is 32.4 Å². The SMILES string of the molecule is CC[C@@H](C(=O)NC1CCCCC1)N(Cc1cccc(OC)c1)C(=O)CN(c1ccc(OC)cc1)S(=O)(=O)c1ccc(C)c([N+](=O)[O-])c1. The molecular weight excluding hydrogens is 624 g/mol. The van der Waals surface area contributed by atoms with Crippen LogP contribution in [0.1, 0.15) is 56.6 Å². The molecule has 1 N–H and O–H groups in total. The number of rotatable bonds is 14. The molecular formula is C34H42N4O8S. The van der Waals surface area contributed by atoms with Gasteiger partial charge in [0.25, 0.3) is 15.7 Å². The van der Waals surface area contributed by atoms with Crippen LogP contribution in [0.3, 0.4) is 0 Å². The lowest BCUT2D eigenvalue weighted by Gasteiger charge is -2.34. The summed E-state index contributed by atoms with van der Waals surface area (Å²) >= 11 is 0. The van der Waals surface area contributed by atoms with Gasteiger partial charge in [0.2, 0.25) is 11.8 Å². The molecule has 3 aromatic rings. The third-order valence-corrected chi connectivity index (χ3v) is 10.2. The molecule has 0 saturated heterocycles. The summed E-state index contributed by atoms with van der Waals surface area (Å²) in [6.07, 6.45) is 5.15. The van der Waals surface area contributed by atoms with E-state index in [1.54, 1.807) is 43.3 Å². The van der Waals surface area contributed by atoms with Crippen LogP contribution in [0.25, 0.3) is 0 Å². The highest BCUT2D eigenvalue weighted by atomic mass is 32.2. The second kappa shape index (κ2) is 15.8. The molecule has 0 spiro atoms. The maximum Gasteiger partial charge on any atom is 0.273 e. The molecule has 0 unspecified atom stereocenters. The number of sulfonamides is 1. The summed E-state index contributed by atoms with van der Waals surface area (Å²) < 4.78 is 40.0. The van der Waals surface area contributed by atoms with Crippen LogP contribution >= 0.6 is 0 Å². The van der Waals surface area contributed by atoms with Crippen LogP contribution < -0.4 is 19.1 Å². The van der Waals surface area contributed by atoms with Gasteiger partial charge in [0.15, 0.2) is 0 Å². The molecule has 1 aliphatic carbocycles. The number of hydrogen-bond acceptors (Lipinski definition) is 8. The van der Waals surface area contributed by atoms with Gasteiger partial charge in [-0.25, -0.2) is 8.42 Å². The number of nitro benzene ring substituents is 1. The minimum absolute atomic E-state index is 0.00701. The maximum atomic E-state index is 14.4. The van der Waals surface area contributed by atoms with E-state index in [0.29, 0.717) is 22.6 Å². The summed E-state index contributed by atoms with van der Waals surface area (Å²) in [5.74, 6) is 0.106. The number of nitrogens with one attached hydrogen (secondary N) is 1. The van der Waals surface area contributed by atoms with Crippen LogP contribution in [0.2, 0.25) is 0 Å². The predicted octanol–water partition coefficient (Wildman–Crippen LogP) is 5.37. The van der Waals surface area contributed by atoms with Gasteiger partial charge in [0.1, 0.15) is 24.1 Å². The lowest BCUT2D eigenvalue weighted by atomic mass is 9.95. The largest absolute Gasteiger partial charge is 0.497 e. The Morgan fingerprint density at radius 2 is 1.66 bits per heavy atom. The second-order valence-electron chi connectivity index (χ2n) is 11.6. The van der Waals surface area contributed by atoms with Gasteiger partial charge in [-0.1, -0.05) is 44.4 Å². The van der Waals surface area contributed by atoms with Crippen molar-refractivity contribution in [2.75, 3.05) is 25.1 Å². The number of ether oxygens (including phenoxy) is 2. The summed E-state index contributed by atoms with van der Waals surface area (Å²) in [6, 6.07) is 15.9. The van der Waals surface area contributed by atoms with E-state index >= 15 is 0 Å². The number of carbonyl (C=O) groups is 2. The molecule has 0 radical (unpaired) electrons. The van der Waals surface area contributed by atoms with Crippen molar-refractivity contribution in [2.24, 2.45) is 0 Å². The van der Waals surface area contributed by atoms with Gasteiger partial charge in [-0.05, 0) is 74.2 Å². The van der Waals surface area contributed by atoms with Gasteiger partial charge in [-0.15, -0.1) is 0 Å². The molecule has 2 amide bonds. The number of benzene rings is 3. The molecule has 0 aromatic heterocycles. The van der Waals surface area contributed by atoms with Crippen molar-refractivity contribution in [1.82, 2.24) is 10.2 Å². The average Bonchev–Trinajstić information content (AvgIpc) is 3.07. The summed E-state index contributed by atoms with van der Waals surface area (Å²) in [4.78, 5) is 40.2. The Morgan fingerprint density at radius 3 is 2.28 bits per heavy atom. The van der Waals surface area contributed by atoms with E-state index < -0.39 is 33.4 Å². The van der Waals surface area contributed by atoms with Crippen molar-refractivity contribution >= 4 is 33.2 Å². The number of nitrogens with zero attached hydrogens (tertiary/aromatic N) is 3. The Bertz CT molecular complexity index is 1670. The lowest BCUT2D eigenvalue weighted by Crippen LogP contribution is -2.54. The summed E-state index contributed by atoms with van der Waals surface area (Å²) in [6.45, 7) is 2.66. The van der Waals surface area contributed by atoms with Crippen LogP contribution in [0.15, 0.2) is 71.6 Å². The van der Waals surface area contributed by atoms with E-state index in [1.165, 1.54) is 50.3 Å². The molecule has 0 aliphatic heterocycles. The van der Waals surface area contributed by atoms with Crippen molar-refractivity contribution in [3.05, 3.63) is 88.0 Å². The fourth-order valence-electron chi connectivity index (χ4n) is 5.78. The molecule has 47 heavy (non-hydrogen) atoms. The van der Waals surface area contributed by atoms with Gasteiger partial charge in [0, 0.05) is 24.2 Å². The Hall–Kier alpha value is -4.65. The van der Waals surface area contributed by atoms with E-state index in [1.807, 2.05) is 0 Å². The van der Waals surface area contributed by atoms with Crippen LogP contribution in [-0.2, 0) is 26.2 Å². The highest BCUT2D eigenvalue weighted by molar-refractivity contribution is 7.92. The fourth-order valence-corrected chi connectivity index (χ4v) is 7.22. The summed E-state index contributed by atoms with van der Waals surface area (Å²) in [7, 11) is -1.51. The number of methoxy groups -OCH3 is 2. The Labute approximate surface area is 275 Å². The van der Waals surface area contributed by atoms with Gasteiger partial charge in [-0.3, -0.25) is 24.0 Å². The Balaban J connectivity index is 1.76. The summed E-state index contributed by atoms with van der Waals surface area (Å²) in [5.41, 5.74) is 0.760. The normalized spacial score (nSPS) is 14.1. The zero-order valence-electron chi connectivity index (χ0n) is 27.2. The van der Waals surface area contributed by atoms with E-state index in [9.17, 15) is 28.1 Å². The molecule has 1 saturated carbocycles. The number of nitro groups is 1. The van der Waals surface area contributed by atoms with Crippen molar-refractivity contribution in [1.29, 1.82) is 0 Å². The maximum absolute atomic E-state index is 14.4. The van der Waals surface area contributed by atoms with Crippen LogP contribution in [-0.4, -0.2) is 62.9 Å². The van der Waals surface area contributed by atoms with E-state index in [4.69, 9.17) is 9.47 Å². The lowest BCUT2D eigenvalue weighted by molar-refractivity contribution is -0.385. The topological polar surface area (TPSA) is 148 Å². The summed E-state index contributed by atoms with van der Waals surface area (Å²) in [5, 5.41) is 14.8. The first-order chi connectivity index (χ1) is 22.5. The first-order valence-electron chi connectivity index (χ1n) is 15.6. The molecule has 0 bridgehead atoms. The monoisotopic (exact) mass is 666 g/mol. The molecule has 1 fully saturated rings. The fraction of sp³-hybridized carbons (Fsp3) is 0.412. The minimum atomic E-state index is -4.51. The van der Waals surface area contributed by atoms with E-state index in [2.05, 4.69) is 5.32 Å². The van der Waals surface area contributed by atoms with Gasteiger partial charge < -0.3 is 19.7 Å². The second-order valence-corrected chi connectivity index (χ2v) is 13.4. The van der Waals surface area contributed by atoms with Crippen molar-refractivity contribution in [2.45, 2.75) is 75.9 Å². The smallest absolute Gasteiger partial charge is 0.273 e. The predicted molar refractivity (Wildman–Crippen MR) is 178 cm³/mol. The zero-order chi connectivity index (χ0) is 34.1.